The maximum atomic E-state index is 12.3. The van der Waals surface area contributed by atoms with Gasteiger partial charge in [0.05, 0.1) is 38.1 Å². The number of hydrogen-bond donors (Lipinski definition) is 2. The Morgan fingerprint density at radius 1 is 1.52 bits per heavy atom. The first-order valence-electron chi connectivity index (χ1n) is 7.40. The lowest BCUT2D eigenvalue weighted by Gasteiger charge is -2.19. The van der Waals surface area contributed by atoms with Crippen LogP contribution in [0, 0.1) is 6.92 Å². The Morgan fingerprint density at radius 3 is 3.17 bits per heavy atom. The van der Waals surface area contributed by atoms with E-state index in [1.807, 2.05) is 25.1 Å². The molecular formula is C16H18ClN3O3. The van der Waals surface area contributed by atoms with Crippen LogP contribution < -0.4 is 10.1 Å². The zero-order valence-electron chi connectivity index (χ0n) is 12.7. The normalized spacial score (nSPS) is 20.4. The molecule has 2 heterocycles. The van der Waals surface area contributed by atoms with E-state index in [4.69, 9.17) is 21.1 Å². The third-order valence-electron chi connectivity index (χ3n) is 3.76. The molecule has 7 heteroatoms. The molecule has 23 heavy (non-hydrogen) atoms. The minimum absolute atomic E-state index is 0.103. The molecule has 1 aliphatic rings. The highest BCUT2D eigenvalue weighted by Gasteiger charge is 2.31. The highest BCUT2D eigenvalue weighted by atomic mass is 35.5. The van der Waals surface area contributed by atoms with E-state index in [0.29, 0.717) is 24.0 Å². The van der Waals surface area contributed by atoms with E-state index >= 15 is 0 Å². The van der Waals surface area contributed by atoms with Crippen LogP contribution in [0.25, 0.3) is 0 Å². The first kappa shape index (κ1) is 15.8. The topological polar surface area (TPSA) is 76.2 Å². The Labute approximate surface area is 139 Å². The number of carbonyl (C=O) groups is 1. The quantitative estimate of drug-likeness (QED) is 0.874. The summed E-state index contributed by atoms with van der Waals surface area (Å²) in [6.07, 6.45) is 3.24. The maximum Gasteiger partial charge on any atom is 0.224 e. The van der Waals surface area contributed by atoms with Crippen molar-refractivity contribution in [2.75, 3.05) is 13.2 Å². The molecule has 2 N–H and O–H groups in total. The molecule has 2 aromatic rings. The van der Waals surface area contributed by atoms with Crippen LogP contribution in [0.4, 0.5) is 0 Å². The van der Waals surface area contributed by atoms with Crippen molar-refractivity contribution >= 4 is 17.5 Å². The summed E-state index contributed by atoms with van der Waals surface area (Å²) in [6.45, 7) is 2.78. The van der Waals surface area contributed by atoms with Crippen molar-refractivity contribution in [3.8, 4) is 5.75 Å². The number of aromatic nitrogens is 2. The number of H-pyrrole nitrogens is 1. The molecule has 1 fully saturated rings. The van der Waals surface area contributed by atoms with Gasteiger partial charge in [-0.2, -0.15) is 5.10 Å². The molecule has 0 bridgehead atoms. The van der Waals surface area contributed by atoms with Crippen molar-refractivity contribution in [1.82, 2.24) is 15.5 Å². The molecule has 1 aromatic heterocycles. The Morgan fingerprint density at radius 2 is 2.39 bits per heavy atom. The fourth-order valence-electron chi connectivity index (χ4n) is 2.54. The second-order valence-corrected chi connectivity index (χ2v) is 5.90. The molecule has 0 unspecified atom stereocenters. The van der Waals surface area contributed by atoms with E-state index in [0.717, 1.165) is 11.1 Å². The number of aromatic amines is 1. The number of benzene rings is 1. The lowest BCUT2D eigenvalue weighted by atomic mass is 10.1. The Kier molecular flexibility index (Phi) is 4.83. The van der Waals surface area contributed by atoms with Crippen molar-refractivity contribution in [2.45, 2.75) is 25.5 Å². The smallest absolute Gasteiger partial charge is 0.224 e. The van der Waals surface area contributed by atoms with Crippen LogP contribution in [-0.4, -0.2) is 41.5 Å². The van der Waals surface area contributed by atoms with Crippen LogP contribution in [-0.2, 0) is 16.0 Å². The van der Waals surface area contributed by atoms with E-state index in [2.05, 4.69) is 15.5 Å². The number of hydrogen-bond acceptors (Lipinski definition) is 4. The van der Waals surface area contributed by atoms with Gasteiger partial charge >= 0.3 is 0 Å². The summed E-state index contributed by atoms with van der Waals surface area (Å²) in [5.74, 6) is 0.523. The molecule has 0 aliphatic carbocycles. The average molecular weight is 336 g/mol. The van der Waals surface area contributed by atoms with Crippen LogP contribution in [0.3, 0.4) is 0 Å². The van der Waals surface area contributed by atoms with E-state index < -0.39 is 0 Å². The lowest BCUT2D eigenvalue weighted by molar-refractivity contribution is -0.121. The van der Waals surface area contributed by atoms with Gasteiger partial charge in [-0.3, -0.25) is 9.89 Å². The van der Waals surface area contributed by atoms with Crippen molar-refractivity contribution < 1.29 is 14.3 Å². The van der Waals surface area contributed by atoms with Gasteiger partial charge in [-0.1, -0.05) is 29.8 Å². The minimum Gasteiger partial charge on any atom is -0.482 e. The summed E-state index contributed by atoms with van der Waals surface area (Å²) in [4.78, 5) is 12.3. The molecular weight excluding hydrogens is 318 g/mol. The fraction of sp³-hybridized carbons (Fsp3) is 0.375. The first-order chi connectivity index (χ1) is 11.1. The largest absolute Gasteiger partial charge is 0.482 e. The Bertz CT molecular complexity index is 675. The number of nitrogens with zero attached hydrogens (tertiary/aromatic N) is 1. The lowest BCUT2D eigenvalue weighted by Crippen LogP contribution is -2.45. The van der Waals surface area contributed by atoms with Gasteiger partial charge in [-0.25, -0.2) is 0 Å². The van der Waals surface area contributed by atoms with Crippen molar-refractivity contribution in [2.24, 2.45) is 0 Å². The number of aryl methyl sites for hydroxylation is 1. The highest BCUT2D eigenvalue weighted by molar-refractivity contribution is 6.32. The van der Waals surface area contributed by atoms with Gasteiger partial charge in [0.15, 0.2) is 5.75 Å². The number of nitrogens with one attached hydrogen (secondary N) is 2. The molecule has 1 amide bonds. The van der Waals surface area contributed by atoms with E-state index in [9.17, 15) is 4.79 Å². The van der Waals surface area contributed by atoms with E-state index in [1.165, 1.54) is 0 Å². The summed E-state index contributed by atoms with van der Waals surface area (Å²) >= 11 is 6.24. The molecule has 0 spiro atoms. The zero-order valence-corrected chi connectivity index (χ0v) is 13.5. The maximum absolute atomic E-state index is 12.3. The van der Waals surface area contributed by atoms with Gasteiger partial charge in [0.2, 0.25) is 5.91 Å². The molecule has 0 saturated carbocycles. The average Bonchev–Trinajstić information content (AvgIpc) is 3.17. The molecule has 1 saturated heterocycles. The second-order valence-electron chi connectivity index (χ2n) is 5.53. The molecule has 0 radical (unpaired) electrons. The van der Waals surface area contributed by atoms with Crippen molar-refractivity contribution in [3.05, 3.63) is 46.7 Å². The molecule has 122 valence electrons. The summed E-state index contributed by atoms with van der Waals surface area (Å²) < 4.78 is 11.2. The van der Waals surface area contributed by atoms with Gasteiger partial charge in [0.1, 0.15) is 6.10 Å². The van der Waals surface area contributed by atoms with Crippen LogP contribution in [0.2, 0.25) is 5.02 Å². The second kappa shape index (κ2) is 7.02. The van der Waals surface area contributed by atoms with Gasteiger partial charge in [0, 0.05) is 5.02 Å². The molecule has 3 rings (SSSR count). The summed E-state index contributed by atoms with van der Waals surface area (Å²) in [5.41, 5.74) is 1.78. The number of halogens is 1. The van der Waals surface area contributed by atoms with Crippen LogP contribution in [0.1, 0.15) is 11.1 Å². The Balaban J connectivity index is 1.59. The van der Waals surface area contributed by atoms with Crippen LogP contribution in [0.5, 0.6) is 5.75 Å². The number of amides is 1. The van der Waals surface area contributed by atoms with Gasteiger partial charge in [-0.05, 0) is 18.1 Å². The summed E-state index contributed by atoms with van der Waals surface area (Å²) in [7, 11) is 0. The minimum atomic E-state index is -0.232. The third-order valence-corrected chi connectivity index (χ3v) is 4.30. The SMILES string of the molecule is Cc1cccc(CC(=O)N[C@H]2COC[C@H]2Oc2cn[nH]c2)c1Cl. The monoisotopic (exact) mass is 335 g/mol. The van der Waals surface area contributed by atoms with Crippen LogP contribution in [0.15, 0.2) is 30.6 Å². The summed E-state index contributed by atoms with van der Waals surface area (Å²) in [6, 6.07) is 5.48. The van der Waals surface area contributed by atoms with Crippen LogP contribution >= 0.6 is 11.6 Å². The third kappa shape index (κ3) is 3.83. The summed E-state index contributed by atoms with van der Waals surface area (Å²) in [5, 5.41) is 10.1. The molecule has 1 aromatic carbocycles. The molecule has 2 atom stereocenters. The highest BCUT2D eigenvalue weighted by Crippen LogP contribution is 2.21. The standard InChI is InChI=1S/C16H18ClN3O3/c1-10-3-2-4-11(16(10)17)5-15(21)20-13-8-22-9-14(13)23-12-6-18-19-7-12/h2-4,6-7,13-14H,5,8-9H2,1H3,(H,18,19)(H,20,21)/t13-,14+/m0/s1. The van der Waals surface area contributed by atoms with Crippen molar-refractivity contribution in [3.63, 3.8) is 0 Å². The number of rotatable bonds is 5. The first-order valence-corrected chi connectivity index (χ1v) is 7.78. The number of carbonyl (C=O) groups excluding carboxylic acids is 1. The fourth-order valence-corrected chi connectivity index (χ4v) is 2.73. The van der Waals surface area contributed by atoms with Gasteiger partial charge in [0.25, 0.3) is 0 Å². The Hall–Kier alpha value is -2.05. The predicted molar refractivity (Wildman–Crippen MR) is 85.6 cm³/mol. The number of ether oxygens (including phenoxy) is 2. The van der Waals surface area contributed by atoms with E-state index in [-0.39, 0.29) is 24.5 Å². The molecule has 6 nitrogen and oxygen atoms in total. The van der Waals surface area contributed by atoms with Gasteiger partial charge in [-0.15, -0.1) is 0 Å². The van der Waals surface area contributed by atoms with Gasteiger partial charge < -0.3 is 14.8 Å². The predicted octanol–water partition coefficient (Wildman–Crippen LogP) is 1.88. The van der Waals surface area contributed by atoms with Crippen molar-refractivity contribution in [1.29, 1.82) is 0 Å². The zero-order chi connectivity index (χ0) is 16.2. The molecule has 1 aliphatic heterocycles. The van der Waals surface area contributed by atoms with E-state index in [1.54, 1.807) is 12.4 Å².